The lowest BCUT2D eigenvalue weighted by atomic mass is 10.0. The van der Waals surface area contributed by atoms with E-state index >= 15 is 0 Å². The van der Waals surface area contributed by atoms with E-state index in [2.05, 4.69) is 16.0 Å². The summed E-state index contributed by atoms with van der Waals surface area (Å²) in [4.78, 5) is 38.0. The Morgan fingerprint density at radius 3 is 2.50 bits per heavy atom. The topological polar surface area (TPSA) is 90.5 Å². The number of piperidine rings is 1. The summed E-state index contributed by atoms with van der Waals surface area (Å²) in [7, 11) is 0. The van der Waals surface area contributed by atoms with Gasteiger partial charge in [-0.15, -0.1) is 0 Å². The molecule has 8 heteroatoms. The first kappa shape index (κ1) is 20.6. The van der Waals surface area contributed by atoms with Gasteiger partial charge in [0.2, 0.25) is 17.7 Å². The minimum Gasteiger partial charge on any atom is -0.353 e. The van der Waals surface area contributed by atoms with Gasteiger partial charge < -0.3 is 16.0 Å². The van der Waals surface area contributed by atoms with Crippen LogP contribution in [0.15, 0.2) is 18.2 Å². The van der Waals surface area contributed by atoms with Gasteiger partial charge in [-0.1, -0.05) is 17.7 Å². The molecule has 1 saturated heterocycles. The Morgan fingerprint density at radius 1 is 1.11 bits per heavy atom. The Hall–Kier alpha value is -2.12. The van der Waals surface area contributed by atoms with Crippen molar-refractivity contribution in [3.63, 3.8) is 0 Å². The number of rotatable bonds is 7. The molecule has 0 spiro atoms. The van der Waals surface area contributed by atoms with E-state index in [0.717, 1.165) is 44.3 Å². The zero-order valence-electron chi connectivity index (χ0n) is 16.1. The first-order chi connectivity index (χ1) is 13.4. The third-order valence-electron chi connectivity index (χ3n) is 5.24. The quantitative estimate of drug-likeness (QED) is 0.642. The molecule has 1 aromatic rings. The van der Waals surface area contributed by atoms with Crippen molar-refractivity contribution in [1.29, 1.82) is 0 Å². The van der Waals surface area contributed by atoms with Crippen molar-refractivity contribution < 1.29 is 14.4 Å². The van der Waals surface area contributed by atoms with Crippen molar-refractivity contribution in [2.24, 2.45) is 5.92 Å². The molecule has 1 aromatic carbocycles. The lowest BCUT2D eigenvalue weighted by Gasteiger charge is -2.31. The maximum atomic E-state index is 12.1. The summed E-state index contributed by atoms with van der Waals surface area (Å²) in [5.74, 6) is -0.0681. The van der Waals surface area contributed by atoms with Gasteiger partial charge >= 0.3 is 0 Å². The first-order valence-electron chi connectivity index (χ1n) is 9.77. The SMILES string of the molecule is Cc1c(Cl)cccc1NC(=O)CNC(=O)CN1CCC(NC(=O)C2CC2)CC1. The molecule has 2 fully saturated rings. The smallest absolute Gasteiger partial charge is 0.243 e. The van der Waals surface area contributed by atoms with Gasteiger partial charge in [0.1, 0.15) is 0 Å². The zero-order valence-corrected chi connectivity index (χ0v) is 16.8. The second kappa shape index (κ2) is 9.39. The third kappa shape index (κ3) is 5.94. The largest absolute Gasteiger partial charge is 0.353 e. The second-order valence-corrected chi connectivity index (χ2v) is 7.98. The van der Waals surface area contributed by atoms with E-state index < -0.39 is 0 Å². The summed E-state index contributed by atoms with van der Waals surface area (Å²) in [5.41, 5.74) is 1.43. The number of halogens is 1. The molecule has 28 heavy (non-hydrogen) atoms. The number of hydrogen-bond acceptors (Lipinski definition) is 4. The van der Waals surface area contributed by atoms with Crippen LogP contribution in [0.25, 0.3) is 0 Å². The van der Waals surface area contributed by atoms with Crippen LogP contribution in [-0.2, 0) is 14.4 Å². The molecular weight excluding hydrogens is 380 g/mol. The average Bonchev–Trinajstić information content (AvgIpc) is 3.51. The van der Waals surface area contributed by atoms with Crippen molar-refractivity contribution >= 4 is 35.0 Å². The summed E-state index contributed by atoms with van der Waals surface area (Å²) in [6, 6.07) is 5.50. The van der Waals surface area contributed by atoms with Crippen molar-refractivity contribution in [3.8, 4) is 0 Å². The number of benzene rings is 1. The molecular formula is C20H27ClN4O3. The first-order valence-corrected chi connectivity index (χ1v) is 10.1. The Labute approximate surface area is 170 Å². The predicted octanol–water partition coefficient (Wildman–Crippen LogP) is 1.69. The Balaban J connectivity index is 1.33. The fourth-order valence-corrected chi connectivity index (χ4v) is 3.45. The number of nitrogens with zero attached hydrogens (tertiary/aromatic N) is 1. The van der Waals surface area contributed by atoms with Gasteiger partial charge in [0.05, 0.1) is 13.1 Å². The normalized spacial score (nSPS) is 17.8. The number of likely N-dealkylation sites (tertiary alicyclic amines) is 1. The van der Waals surface area contributed by atoms with Crippen LogP contribution in [0.1, 0.15) is 31.2 Å². The molecule has 1 aliphatic carbocycles. The molecule has 3 amide bonds. The number of amides is 3. The van der Waals surface area contributed by atoms with Crippen LogP contribution < -0.4 is 16.0 Å². The highest BCUT2D eigenvalue weighted by Gasteiger charge is 2.31. The van der Waals surface area contributed by atoms with Crippen LogP contribution in [0.4, 0.5) is 5.69 Å². The number of hydrogen-bond donors (Lipinski definition) is 3. The van der Waals surface area contributed by atoms with Gasteiger partial charge in [0.25, 0.3) is 0 Å². The van der Waals surface area contributed by atoms with Gasteiger partial charge in [0.15, 0.2) is 0 Å². The van der Waals surface area contributed by atoms with Crippen LogP contribution in [0.3, 0.4) is 0 Å². The van der Waals surface area contributed by atoms with Gasteiger partial charge in [0, 0.05) is 35.8 Å². The molecule has 0 bridgehead atoms. The number of carbonyl (C=O) groups is 3. The number of nitrogens with one attached hydrogen (secondary N) is 3. The molecule has 1 heterocycles. The third-order valence-corrected chi connectivity index (χ3v) is 5.65. The molecule has 0 aromatic heterocycles. The van der Waals surface area contributed by atoms with Crippen molar-refractivity contribution in [2.45, 2.75) is 38.6 Å². The van der Waals surface area contributed by atoms with Crippen LogP contribution in [0.2, 0.25) is 5.02 Å². The highest BCUT2D eigenvalue weighted by atomic mass is 35.5. The summed E-state index contributed by atoms with van der Waals surface area (Å²) in [5, 5.41) is 9.09. The number of carbonyl (C=O) groups excluding carboxylic acids is 3. The fourth-order valence-electron chi connectivity index (χ4n) is 3.28. The predicted molar refractivity (Wildman–Crippen MR) is 108 cm³/mol. The molecule has 3 rings (SSSR count). The molecule has 1 aliphatic heterocycles. The van der Waals surface area contributed by atoms with Crippen LogP contribution in [0, 0.1) is 12.8 Å². The van der Waals surface area contributed by atoms with Crippen molar-refractivity contribution in [3.05, 3.63) is 28.8 Å². The number of anilines is 1. The van der Waals surface area contributed by atoms with E-state index in [4.69, 9.17) is 11.6 Å². The van der Waals surface area contributed by atoms with E-state index in [1.54, 1.807) is 18.2 Å². The Morgan fingerprint density at radius 2 is 1.82 bits per heavy atom. The van der Waals surface area contributed by atoms with E-state index in [1.165, 1.54) is 0 Å². The molecule has 1 saturated carbocycles. The van der Waals surface area contributed by atoms with E-state index in [1.807, 2.05) is 11.8 Å². The fraction of sp³-hybridized carbons (Fsp3) is 0.550. The summed E-state index contributed by atoms with van der Waals surface area (Å²) in [6.45, 7) is 3.52. The molecule has 0 radical (unpaired) electrons. The molecule has 0 atom stereocenters. The maximum absolute atomic E-state index is 12.1. The van der Waals surface area contributed by atoms with Crippen molar-refractivity contribution in [1.82, 2.24) is 15.5 Å². The van der Waals surface area contributed by atoms with E-state index in [9.17, 15) is 14.4 Å². The highest BCUT2D eigenvalue weighted by molar-refractivity contribution is 6.31. The molecule has 152 valence electrons. The van der Waals surface area contributed by atoms with Gasteiger partial charge in [-0.05, 0) is 50.3 Å². The standard InChI is InChI=1S/C20H27ClN4O3/c1-13-16(21)3-2-4-17(13)24-18(26)11-22-19(27)12-25-9-7-15(8-10-25)23-20(28)14-5-6-14/h2-4,14-15H,5-12H2,1H3,(H,22,27)(H,23,28)(H,24,26). The highest BCUT2D eigenvalue weighted by Crippen LogP contribution is 2.29. The molecule has 2 aliphatic rings. The maximum Gasteiger partial charge on any atom is 0.243 e. The summed E-state index contributed by atoms with van der Waals surface area (Å²) in [6.07, 6.45) is 3.71. The second-order valence-electron chi connectivity index (χ2n) is 7.57. The summed E-state index contributed by atoms with van der Waals surface area (Å²) >= 11 is 6.04. The zero-order chi connectivity index (χ0) is 20.1. The molecule has 0 unspecified atom stereocenters. The van der Waals surface area contributed by atoms with E-state index in [-0.39, 0.29) is 42.8 Å². The minimum absolute atomic E-state index is 0.0846. The lowest BCUT2D eigenvalue weighted by Crippen LogP contribution is -2.48. The molecule has 7 nitrogen and oxygen atoms in total. The van der Waals surface area contributed by atoms with Crippen LogP contribution in [0.5, 0.6) is 0 Å². The van der Waals surface area contributed by atoms with E-state index in [0.29, 0.717) is 10.7 Å². The summed E-state index contributed by atoms with van der Waals surface area (Å²) < 4.78 is 0. The molecule has 3 N–H and O–H groups in total. The van der Waals surface area contributed by atoms with Crippen LogP contribution in [-0.4, -0.2) is 54.8 Å². The Kier molecular flexibility index (Phi) is 6.91. The van der Waals surface area contributed by atoms with Gasteiger partial charge in [-0.25, -0.2) is 0 Å². The monoisotopic (exact) mass is 406 g/mol. The van der Waals surface area contributed by atoms with Gasteiger partial charge in [-0.3, -0.25) is 19.3 Å². The minimum atomic E-state index is -0.291. The van der Waals surface area contributed by atoms with Crippen LogP contribution >= 0.6 is 11.6 Å². The Bertz CT molecular complexity index is 743. The lowest BCUT2D eigenvalue weighted by molar-refractivity contribution is -0.125. The van der Waals surface area contributed by atoms with Crippen molar-refractivity contribution in [2.75, 3.05) is 31.5 Å². The average molecular weight is 407 g/mol. The van der Waals surface area contributed by atoms with Gasteiger partial charge in [-0.2, -0.15) is 0 Å².